The van der Waals surface area contributed by atoms with Gasteiger partial charge in [-0.05, 0) is 63.6 Å². The van der Waals surface area contributed by atoms with Gasteiger partial charge in [0.2, 0.25) is 5.89 Å². The van der Waals surface area contributed by atoms with Crippen molar-refractivity contribution >= 4 is 17.3 Å². The summed E-state index contributed by atoms with van der Waals surface area (Å²) in [7, 11) is 0. The first-order valence-corrected chi connectivity index (χ1v) is 10.9. The molecule has 2 fully saturated rings. The average molecular weight is 403 g/mol. The molecule has 1 aromatic heterocycles. The van der Waals surface area contributed by atoms with E-state index in [1.807, 2.05) is 0 Å². The molecule has 7 heteroatoms. The van der Waals surface area contributed by atoms with Gasteiger partial charge in [-0.25, -0.2) is 0 Å². The molecule has 2 aromatic rings. The van der Waals surface area contributed by atoms with Gasteiger partial charge in [-0.1, -0.05) is 18.0 Å². The Morgan fingerprint density at radius 2 is 1.96 bits per heavy atom. The molecule has 2 N–H and O–H groups in total. The average Bonchev–Trinajstić information content (AvgIpc) is 3.18. The molecule has 5 rings (SSSR count). The van der Waals surface area contributed by atoms with Gasteiger partial charge >= 0.3 is 0 Å². The number of nitrogens with zero attached hydrogens (tertiary/aromatic N) is 3. The van der Waals surface area contributed by atoms with E-state index in [0.29, 0.717) is 29.1 Å². The number of hydrogen-bond donors (Lipinski definition) is 1. The van der Waals surface area contributed by atoms with Crippen LogP contribution < -0.4 is 10.5 Å². The van der Waals surface area contributed by atoms with Crippen molar-refractivity contribution in [2.24, 2.45) is 5.92 Å². The lowest BCUT2D eigenvalue weighted by Gasteiger charge is -2.36. The fourth-order valence-corrected chi connectivity index (χ4v) is 4.83. The van der Waals surface area contributed by atoms with E-state index in [1.165, 1.54) is 25.8 Å². The van der Waals surface area contributed by atoms with Crippen LogP contribution in [0.3, 0.4) is 0 Å². The molecule has 0 spiro atoms. The molecule has 3 heterocycles. The maximum Gasteiger partial charge on any atom is 0.251 e. The second-order valence-electron chi connectivity index (χ2n) is 8.40. The Kier molecular flexibility index (Phi) is 4.93. The van der Waals surface area contributed by atoms with Gasteiger partial charge in [-0.15, -0.1) is 10.2 Å². The van der Waals surface area contributed by atoms with E-state index >= 15 is 0 Å². The number of fused-ring (bicyclic) bond motifs is 1. The monoisotopic (exact) mass is 402 g/mol. The summed E-state index contributed by atoms with van der Waals surface area (Å²) < 4.78 is 12.0. The third-order valence-corrected chi connectivity index (χ3v) is 6.85. The van der Waals surface area contributed by atoms with Crippen molar-refractivity contribution < 1.29 is 9.15 Å². The summed E-state index contributed by atoms with van der Waals surface area (Å²) in [5.74, 6) is 3.22. The number of anilines is 1. The topological polar surface area (TPSA) is 77.4 Å². The molecule has 6 nitrogen and oxygen atoms in total. The molecule has 0 bridgehead atoms. The molecule has 1 saturated heterocycles. The summed E-state index contributed by atoms with van der Waals surface area (Å²) in [6.07, 6.45) is 8.17. The Labute approximate surface area is 170 Å². The first kappa shape index (κ1) is 18.3. The number of nitrogen functional groups attached to an aromatic ring is 1. The van der Waals surface area contributed by atoms with Crippen molar-refractivity contribution in [1.29, 1.82) is 0 Å². The third-order valence-electron chi connectivity index (χ3n) is 6.54. The smallest absolute Gasteiger partial charge is 0.251 e. The lowest BCUT2D eigenvalue weighted by atomic mass is 9.84. The van der Waals surface area contributed by atoms with Gasteiger partial charge in [0.1, 0.15) is 5.75 Å². The fourth-order valence-electron chi connectivity index (χ4n) is 4.61. The Morgan fingerprint density at radius 1 is 1.14 bits per heavy atom. The highest BCUT2D eigenvalue weighted by atomic mass is 35.5. The van der Waals surface area contributed by atoms with Crippen LogP contribution in [0.5, 0.6) is 5.75 Å². The summed E-state index contributed by atoms with van der Waals surface area (Å²) in [5, 5.41) is 9.20. The minimum Gasteiger partial charge on any atom is -0.492 e. The fraction of sp³-hybridized carbons (Fsp3) is 0.619. The molecule has 0 atom stereocenters. The molecule has 0 unspecified atom stereocenters. The van der Waals surface area contributed by atoms with Crippen molar-refractivity contribution in [3.05, 3.63) is 22.5 Å². The highest BCUT2D eigenvalue weighted by Crippen LogP contribution is 2.43. The number of rotatable bonds is 4. The number of halogens is 1. The number of ether oxygens (including phenoxy) is 1. The zero-order valence-electron chi connectivity index (χ0n) is 16.1. The highest BCUT2D eigenvalue weighted by molar-refractivity contribution is 6.33. The minimum atomic E-state index is 0.333. The van der Waals surface area contributed by atoms with E-state index in [4.69, 9.17) is 26.5 Å². The second kappa shape index (κ2) is 7.56. The van der Waals surface area contributed by atoms with Crippen LogP contribution in [0.15, 0.2) is 10.5 Å². The molecule has 2 aliphatic heterocycles. The number of benzene rings is 1. The summed E-state index contributed by atoms with van der Waals surface area (Å²) >= 11 is 6.35. The maximum atomic E-state index is 6.35. The predicted molar refractivity (Wildman–Crippen MR) is 109 cm³/mol. The summed E-state index contributed by atoms with van der Waals surface area (Å²) in [4.78, 5) is 2.60. The number of likely N-dealkylation sites (tertiary alicyclic amines) is 1. The van der Waals surface area contributed by atoms with Gasteiger partial charge in [-0.3, -0.25) is 0 Å². The highest BCUT2D eigenvalue weighted by Gasteiger charge is 2.29. The van der Waals surface area contributed by atoms with Crippen molar-refractivity contribution in [2.75, 3.05) is 32.0 Å². The van der Waals surface area contributed by atoms with E-state index in [0.717, 1.165) is 67.5 Å². The van der Waals surface area contributed by atoms with E-state index < -0.39 is 0 Å². The van der Waals surface area contributed by atoms with Crippen molar-refractivity contribution in [1.82, 2.24) is 15.1 Å². The molecule has 1 saturated carbocycles. The van der Waals surface area contributed by atoms with Gasteiger partial charge in [-0.2, -0.15) is 0 Å². The zero-order valence-corrected chi connectivity index (χ0v) is 16.9. The normalized spacial score (nSPS) is 21.2. The SMILES string of the molecule is Nc1c(Cl)cc(-c2nnc(C3CCN(CC4CCC4)CC3)o2)c2c1CCCO2. The first-order chi connectivity index (χ1) is 13.7. The first-order valence-electron chi connectivity index (χ1n) is 10.5. The number of nitrogens with two attached hydrogens (primary N) is 1. The van der Waals surface area contributed by atoms with E-state index in [9.17, 15) is 0 Å². The van der Waals surface area contributed by atoms with E-state index in [-0.39, 0.29) is 0 Å². The Morgan fingerprint density at radius 3 is 2.71 bits per heavy atom. The maximum absolute atomic E-state index is 6.35. The summed E-state index contributed by atoms with van der Waals surface area (Å²) in [6, 6.07) is 1.79. The molecule has 0 radical (unpaired) electrons. The minimum absolute atomic E-state index is 0.333. The molecular formula is C21H27ClN4O2. The molecule has 1 aromatic carbocycles. The van der Waals surface area contributed by atoms with Crippen LogP contribution in [0, 0.1) is 5.92 Å². The quantitative estimate of drug-likeness (QED) is 0.769. The van der Waals surface area contributed by atoms with Crippen LogP contribution in [0.1, 0.15) is 55.9 Å². The lowest BCUT2D eigenvalue weighted by Crippen LogP contribution is -2.38. The van der Waals surface area contributed by atoms with Gasteiger partial charge < -0.3 is 19.8 Å². The van der Waals surface area contributed by atoms with Gasteiger partial charge in [0.05, 0.1) is 22.9 Å². The van der Waals surface area contributed by atoms with Gasteiger partial charge in [0, 0.05) is 18.0 Å². The molecule has 3 aliphatic rings. The Balaban J connectivity index is 1.32. The van der Waals surface area contributed by atoms with Crippen LogP contribution in [0.4, 0.5) is 5.69 Å². The van der Waals surface area contributed by atoms with E-state index in [2.05, 4.69) is 15.1 Å². The molecule has 28 heavy (non-hydrogen) atoms. The second-order valence-corrected chi connectivity index (χ2v) is 8.80. The zero-order chi connectivity index (χ0) is 19.1. The molecule has 0 amide bonds. The number of hydrogen-bond acceptors (Lipinski definition) is 6. The van der Waals surface area contributed by atoms with Gasteiger partial charge in [0.15, 0.2) is 0 Å². The third kappa shape index (κ3) is 3.37. The predicted octanol–water partition coefficient (Wildman–Crippen LogP) is 4.28. The van der Waals surface area contributed by atoms with Crippen molar-refractivity contribution in [3.8, 4) is 17.2 Å². The van der Waals surface area contributed by atoms with Gasteiger partial charge in [0.25, 0.3) is 5.89 Å². The summed E-state index contributed by atoms with van der Waals surface area (Å²) in [6.45, 7) is 4.16. The lowest BCUT2D eigenvalue weighted by molar-refractivity contribution is 0.141. The standard InChI is InChI=1S/C21H27ClN4O2/c22-17-11-16(19-15(18(17)23)5-2-10-27-19)21-25-24-20(28-21)14-6-8-26(9-7-14)12-13-3-1-4-13/h11,13-14H,1-10,12,23H2. The molecular weight excluding hydrogens is 376 g/mol. The number of aromatic nitrogens is 2. The van der Waals surface area contributed by atoms with Crippen LogP contribution in [0.2, 0.25) is 5.02 Å². The van der Waals surface area contributed by atoms with Crippen LogP contribution in [0.25, 0.3) is 11.5 Å². The van der Waals surface area contributed by atoms with Crippen molar-refractivity contribution in [2.45, 2.75) is 50.9 Å². The van der Waals surface area contributed by atoms with Crippen LogP contribution >= 0.6 is 11.6 Å². The Hall–Kier alpha value is -1.79. The van der Waals surface area contributed by atoms with Crippen LogP contribution in [-0.4, -0.2) is 41.3 Å². The Bertz CT molecular complexity index is 856. The summed E-state index contributed by atoms with van der Waals surface area (Å²) in [5.41, 5.74) is 8.46. The molecule has 1 aliphatic carbocycles. The van der Waals surface area contributed by atoms with E-state index in [1.54, 1.807) is 6.07 Å². The number of piperidine rings is 1. The van der Waals surface area contributed by atoms with Crippen LogP contribution in [-0.2, 0) is 6.42 Å². The largest absolute Gasteiger partial charge is 0.492 e. The van der Waals surface area contributed by atoms with Crippen molar-refractivity contribution in [3.63, 3.8) is 0 Å². The molecule has 150 valence electrons.